The summed E-state index contributed by atoms with van der Waals surface area (Å²) in [4.78, 5) is 11.8. The van der Waals surface area contributed by atoms with Crippen LogP contribution < -0.4 is 5.32 Å². The maximum Gasteiger partial charge on any atom is 0.251 e. The van der Waals surface area contributed by atoms with Crippen molar-refractivity contribution in [1.29, 1.82) is 0 Å². The predicted molar refractivity (Wildman–Crippen MR) is 72.3 cm³/mol. The van der Waals surface area contributed by atoms with Crippen LogP contribution in [0.4, 0.5) is 4.39 Å². The van der Waals surface area contributed by atoms with Crippen LogP contribution in [0.3, 0.4) is 0 Å². The second kappa shape index (κ2) is 7.38. The molecule has 0 aliphatic heterocycles. The minimum absolute atomic E-state index is 0.238. The first kappa shape index (κ1) is 15.0. The maximum absolute atomic E-state index is 13.4. The molecule has 0 aromatic heterocycles. The van der Waals surface area contributed by atoms with Crippen LogP contribution in [0.25, 0.3) is 0 Å². The number of carbonyl (C=O) groups excluding carboxylic acids is 1. The van der Waals surface area contributed by atoms with Crippen LogP contribution in [0, 0.1) is 5.82 Å². The van der Waals surface area contributed by atoms with Gasteiger partial charge in [0.15, 0.2) is 0 Å². The van der Waals surface area contributed by atoms with Crippen LogP contribution in [0.15, 0.2) is 18.2 Å². The summed E-state index contributed by atoms with van der Waals surface area (Å²) in [5.74, 6) is 0.0172. The number of carbonyl (C=O) groups is 1. The highest BCUT2D eigenvalue weighted by molar-refractivity contribution is 7.97. The van der Waals surface area contributed by atoms with Gasteiger partial charge in [0.05, 0.1) is 6.10 Å². The molecule has 1 unspecified atom stereocenters. The molecule has 100 valence electrons. The van der Waals surface area contributed by atoms with Gasteiger partial charge in [0, 0.05) is 17.9 Å². The third-order valence-electron chi connectivity index (χ3n) is 2.46. The largest absolute Gasteiger partial charge is 0.393 e. The fourth-order valence-electron chi connectivity index (χ4n) is 1.48. The second-order valence-electron chi connectivity index (χ2n) is 4.13. The van der Waals surface area contributed by atoms with Gasteiger partial charge in [0.25, 0.3) is 5.91 Å². The normalized spacial score (nSPS) is 12.2. The van der Waals surface area contributed by atoms with E-state index < -0.39 is 6.10 Å². The van der Waals surface area contributed by atoms with E-state index >= 15 is 0 Å². The monoisotopic (exact) mass is 271 g/mol. The predicted octanol–water partition coefficient (Wildman–Crippen LogP) is 2.19. The van der Waals surface area contributed by atoms with Gasteiger partial charge in [-0.2, -0.15) is 11.8 Å². The minimum Gasteiger partial charge on any atom is -0.393 e. The number of benzene rings is 1. The number of rotatable bonds is 6. The van der Waals surface area contributed by atoms with Crippen LogP contribution >= 0.6 is 11.8 Å². The lowest BCUT2D eigenvalue weighted by Crippen LogP contribution is -2.26. The summed E-state index contributed by atoms with van der Waals surface area (Å²) in [5, 5.41) is 11.8. The van der Waals surface area contributed by atoms with E-state index in [-0.39, 0.29) is 11.7 Å². The Kier molecular flexibility index (Phi) is 6.15. The molecule has 0 aliphatic carbocycles. The van der Waals surface area contributed by atoms with Crippen molar-refractivity contribution in [3.05, 3.63) is 35.1 Å². The number of thioether (sulfide) groups is 1. The Morgan fingerprint density at radius 2 is 2.28 bits per heavy atom. The molecular formula is C13H18FNO2S. The van der Waals surface area contributed by atoms with Crippen LogP contribution in [0.2, 0.25) is 0 Å². The number of hydrogen-bond acceptors (Lipinski definition) is 3. The van der Waals surface area contributed by atoms with Gasteiger partial charge in [0.1, 0.15) is 5.82 Å². The minimum atomic E-state index is -0.439. The first-order valence-corrected chi connectivity index (χ1v) is 7.17. The SMILES string of the molecule is CSCc1cc(C(=O)NCCC(C)O)ccc1F. The molecule has 0 spiro atoms. The summed E-state index contributed by atoms with van der Waals surface area (Å²) in [5.41, 5.74) is 0.983. The molecule has 0 saturated carbocycles. The molecule has 0 fully saturated rings. The second-order valence-corrected chi connectivity index (χ2v) is 5.00. The molecule has 1 aromatic carbocycles. The van der Waals surface area contributed by atoms with Gasteiger partial charge < -0.3 is 10.4 Å². The summed E-state index contributed by atoms with van der Waals surface area (Å²) in [7, 11) is 0. The standard InChI is InChI=1S/C13H18FNO2S/c1-9(16)5-6-15-13(17)10-3-4-12(14)11(7-10)8-18-2/h3-4,7,9,16H,5-6,8H2,1-2H3,(H,15,17). The molecule has 0 heterocycles. The topological polar surface area (TPSA) is 49.3 Å². The van der Waals surface area contributed by atoms with Crippen molar-refractivity contribution in [2.45, 2.75) is 25.2 Å². The van der Waals surface area contributed by atoms with Gasteiger partial charge in [-0.15, -0.1) is 0 Å². The van der Waals surface area contributed by atoms with Gasteiger partial charge in [-0.05, 0) is 43.4 Å². The van der Waals surface area contributed by atoms with Crippen LogP contribution in [-0.4, -0.2) is 29.9 Å². The summed E-state index contributed by atoms with van der Waals surface area (Å²) >= 11 is 1.51. The van der Waals surface area contributed by atoms with E-state index in [9.17, 15) is 9.18 Å². The van der Waals surface area contributed by atoms with E-state index in [1.165, 1.54) is 23.9 Å². The lowest BCUT2D eigenvalue weighted by Gasteiger charge is -2.08. The molecule has 1 aromatic rings. The Bertz CT molecular complexity index is 410. The summed E-state index contributed by atoms with van der Waals surface area (Å²) in [6.45, 7) is 2.08. The molecule has 2 N–H and O–H groups in total. The van der Waals surface area contributed by atoms with Crippen molar-refractivity contribution >= 4 is 17.7 Å². The third kappa shape index (κ3) is 4.66. The summed E-state index contributed by atoms with van der Waals surface area (Å²) in [6, 6.07) is 4.36. The number of aliphatic hydroxyl groups is 1. The van der Waals surface area contributed by atoms with E-state index in [1.54, 1.807) is 13.0 Å². The zero-order chi connectivity index (χ0) is 13.5. The number of hydrogen-bond donors (Lipinski definition) is 2. The van der Waals surface area contributed by atoms with Crippen molar-refractivity contribution in [3.63, 3.8) is 0 Å². The average molecular weight is 271 g/mol. The zero-order valence-corrected chi connectivity index (χ0v) is 11.4. The van der Waals surface area contributed by atoms with Gasteiger partial charge >= 0.3 is 0 Å². The van der Waals surface area contributed by atoms with E-state index in [2.05, 4.69) is 5.32 Å². The zero-order valence-electron chi connectivity index (χ0n) is 10.6. The van der Waals surface area contributed by atoms with E-state index in [1.807, 2.05) is 6.26 Å². The van der Waals surface area contributed by atoms with Crippen LogP contribution in [0.1, 0.15) is 29.3 Å². The summed E-state index contributed by atoms with van der Waals surface area (Å²) < 4.78 is 13.4. The van der Waals surface area contributed by atoms with Gasteiger partial charge in [-0.1, -0.05) is 0 Å². The molecule has 5 heteroatoms. The fraction of sp³-hybridized carbons (Fsp3) is 0.462. The van der Waals surface area contributed by atoms with E-state index in [0.717, 1.165) is 0 Å². The molecule has 0 aliphatic rings. The average Bonchev–Trinajstić information content (AvgIpc) is 2.31. The fourth-order valence-corrected chi connectivity index (χ4v) is 2.01. The number of halogens is 1. The number of aliphatic hydroxyl groups excluding tert-OH is 1. The number of amides is 1. The molecular weight excluding hydrogens is 253 g/mol. The van der Waals surface area contributed by atoms with Crippen LogP contribution in [0.5, 0.6) is 0 Å². The Hall–Kier alpha value is -1.07. The van der Waals surface area contributed by atoms with E-state index in [4.69, 9.17) is 5.11 Å². The molecule has 1 rings (SSSR count). The van der Waals surface area contributed by atoms with Crippen molar-refractivity contribution < 1.29 is 14.3 Å². The summed E-state index contributed by atoms with van der Waals surface area (Å²) in [6.07, 6.45) is 1.95. The highest BCUT2D eigenvalue weighted by Gasteiger charge is 2.09. The molecule has 18 heavy (non-hydrogen) atoms. The Morgan fingerprint density at radius 3 is 2.89 bits per heavy atom. The van der Waals surface area contributed by atoms with Crippen molar-refractivity contribution in [3.8, 4) is 0 Å². The van der Waals surface area contributed by atoms with Crippen molar-refractivity contribution in [2.24, 2.45) is 0 Å². The van der Waals surface area contributed by atoms with Gasteiger partial charge in [-0.25, -0.2) is 4.39 Å². The molecule has 1 atom stereocenters. The highest BCUT2D eigenvalue weighted by Crippen LogP contribution is 2.15. The molecule has 3 nitrogen and oxygen atoms in total. The molecule has 1 amide bonds. The van der Waals surface area contributed by atoms with Gasteiger partial charge in [-0.3, -0.25) is 4.79 Å². The first-order valence-electron chi connectivity index (χ1n) is 5.78. The smallest absolute Gasteiger partial charge is 0.251 e. The van der Waals surface area contributed by atoms with E-state index in [0.29, 0.717) is 29.8 Å². The first-order chi connectivity index (χ1) is 8.54. The molecule has 0 saturated heterocycles. The van der Waals surface area contributed by atoms with Crippen LogP contribution in [-0.2, 0) is 5.75 Å². The Morgan fingerprint density at radius 1 is 1.56 bits per heavy atom. The number of nitrogens with one attached hydrogen (secondary N) is 1. The Labute approximate surface area is 111 Å². The van der Waals surface area contributed by atoms with Gasteiger partial charge in [0.2, 0.25) is 0 Å². The van der Waals surface area contributed by atoms with Crippen molar-refractivity contribution in [1.82, 2.24) is 5.32 Å². The highest BCUT2D eigenvalue weighted by atomic mass is 32.2. The molecule has 0 bridgehead atoms. The molecule has 0 radical (unpaired) electrons. The third-order valence-corrected chi connectivity index (χ3v) is 3.06. The lowest BCUT2D eigenvalue weighted by molar-refractivity contribution is 0.0945. The lowest BCUT2D eigenvalue weighted by atomic mass is 10.1. The quantitative estimate of drug-likeness (QED) is 0.834. The Balaban J connectivity index is 2.65. The maximum atomic E-state index is 13.4. The van der Waals surface area contributed by atoms with Crippen molar-refractivity contribution in [2.75, 3.05) is 12.8 Å².